The molecule has 0 spiro atoms. The van der Waals surface area contributed by atoms with E-state index in [0.29, 0.717) is 22.6 Å². The van der Waals surface area contributed by atoms with Gasteiger partial charge in [-0.05, 0) is 91.6 Å². The molecule has 4 heteroatoms. The highest BCUT2D eigenvalue weighted by Crippen LogP contribution is 2.37. The van der Waals surface area contributed by atoms with Crippen LogP contribution in [-0.2, 0) is 0 Å². The minimum absolute atomic E-state index is 0.0329. The molecular weight excluding hydrogens is 400 g/mol. The Kier molecular flexibility index (Phi) is 7.09. The first-order valence-electron chi connectivity index (χ1n) is 11.8. The minimum atomic E-state index is 0.0329. The van der Waals surface area contributed by atoms with E-state index >= 15 is 0 Å². The van der Waals surface area contributed by atoms with E-state index in [1.54, 1.807) is 14.2 Å². The average molecular weight is 433 g/mol. The van der Waals surface area contributed by atoms with Crippen LogP contribution in [0.1, 0.15) is 78.5 Å². The quantitative estimate of drug-likeness (QED) is 0.451. The van der Waals surface area contributed by atoms with Crippen molar-refractivity contribution in [3.8, 4) is 22.6 Å². The molecule has 0 saturated heterocycles. The molecular formula is C28H32O4. The number of carbonyl (C=O) groups excluding carboxylic acids is 2. The molecule has 168 valence electrons. The van der Waals surface area contributed by atoms with Gasteiger partial charge in [0, 0.05) is 17.0 Å². The lowest BCUT2D eigenvalue weighted by molar-refractivity contribution is 0.0889. The molecule has 32 heavy (non-hydrogen) atoms. The van der Waals surface area contributed by atoms with E-state index in [4.69, 9.17) is 9.47 Å². The molecule has 2 aromatic rings. The van der Waals surface area contributed by atoms with E-state index < -0.39 is 0 Å². The zero-order valence-electron chi connectivity index (χ0n) is 19.1. The summed E-state index contributed by atoms with van der Waals surface area (Å²) < 4.78 is 10.9. The highest BCUT2D eigenvalue weighted by Gasteiger charge is 2.27. The lowest BCUT2D eigenvalue weighted by atomic mass is 9.81. The predicted octanol–water partition coefficient (Wildman–Crippen LogP) is 6.82. The van der Waals surface area contributed by atoms with Crippen LogP contribution in [0, 0.1) is 5.92 Å². The van der Waals surface area contributed by atoms with E-state index in [-0.39, 0.29) is 17.5 Å². The number of ether oxygens (including phenoxy) is 2. The Hall–Kier alpha value is -2.88. The Labute approximate surface area is 190 Å². The van der Waals surface area contributed by atoms with Crippen LogP contribution in [0.3, 0.4) is 0 Å². The van der Waals surface area contributed by atoms with Crippen molar-refractivity contribution in [3.63, 3.8) is 0 Å². The SMILES string of the molecule is COc1ccc(-c2ccc(OC)cc2C(=O)C2CCCCC2)c(C(=O)C2=CCCCC2)c1. The van der Waals surface area contributed by atoms with Crippen LogP contribution in [0.15, 0.2) is 48.0 Å². The Morgan fingerprint density at radius 3 is 2.00 bits per heavy atom. The number of ketones is 2. The lowest BCUT2D eigenvalue weighted by Gasteiger charge is -2.23. The van der Waals surface area contributed by atoms with Crippen LogP contribution in [-0.4, -0.2) is 25.8 Å². The molecule has 4 rings (SSSR count). The summed E-state index contributed by atoms with van der Waals surface area (Å²) in [5.41, 5.74) is 3.68. The molecule has 4 nitrogen and oxygen atoms in total. The first kappa shape index (κ1) is 22.3. The van der Waals surface area contributed by atoms with E-state index in [1.807, 2.05) is 36.4 Å². The Morgan fingerprint density at radius 2 is 1.41 bits per heavy atom. The maximum atomic E-state index is 13.6. The Bertz CT molecular complexity index is 1030. The van der Waals surface area contributed by atoms with Crippen LogP contribution < -0.4 is 9.47 Å². The molecule has 2 aromatic carbocycles. The normalized spacial score (nSPS) is 16.9. The largest absolute Gasteiger partial charge is 0.497 e. The molecule has 1 saturated carbocycles. The predicted molar refractivity (Wildman–Crippen MR) is 127 cm³/mol. The number of allylic oxidation sites excluding steroid dienone is 2. The van der Waals surface area contributed by atoms with E-state index in [2.05, 4.69) is 6.08 Å². The van der Waals surface area contributed by atoms with Gasteiger partial charge in [0.2, 0.25) is 0 Å². The summed E-state index contributed by atoms with van der Waals surface area (Å²) in [4.78, 5) is 27.1. The second-order valence-corrected chi connectivity index (χ2v) is 8.83. The number of rotatable bonds is 7. The van der Waals surface area contributed by atoms with Crippen molar-refractivity contribution in [2.24, 2.45) is 5.92 Å². The van der Waals surface area contributed by atoms with Crippen molar-refractivity contribution in [2.75, 3.05) is 14.2 Å². The standard InChI is InChI=1S/C28H32O4/c1-31-21-13-15-23(25(17-21)27(29)19-9-5-3-6-10-19)24-16-14-22(32-2)18-26(24)28(30)20-11-7-4-8-12-20/h9,13-18,20H,3-8,10-12H2,1-2H3. The van der Waals surface area contributed by atoms with Gasteiger partial charge >= 0.3 is 0 Å². The van der Waals surface area contributed by atoms with Crippen molar-refractivity contribution >= 4 is 11.6 Å². The average Bonchev–Trinajstić information content (AvgIpc) is 2.88. The summed E-state index contributed by atoms with van der Waals surface area (Å²) in [5, 5.41) is 0. The van der Waals surface area contributed by atoms with Crippen LogP contribution in [0.5, 0.6) is 11.5 Å². The van der Waals surface area contributed by atoms with E-state index in [9.17, 15) is 9.59 Å². The van der Waals surface area contributed by atoms with Gasteiger partial charge in [0.15, 0.2) is 11.6 Å². The third-order valence-corrected chi connectivity index (χ3v) is 6.81. The van der Waals surface area contributed by atoms with Gasteiger partial charge in [0.25, 0.3) is 0 Å². The maximum absolute atomic E-state index is 13.6. The fraction of sp³-hybridized carbons (Fsp3) is 0.429. The molecule has 0 heterocycles. The molecule has 0 amide bonds. The molecule has 2 aliphatic rings. The van der Waals surface area contributed by atoms with Gasteiger partial charge in [0.05, 0.1) is 14.2 Å². The summed E-state index contributed by atoms with van der Waals surface area (Å²) in [7, 11) is 3.22. The van der Waals surface area contributed by atoms with E-state index in [0.717, 1.165) is 68.1 Å². The minimum Gasteiger partial charge on any atom is -0.497 e. The number of benzene rings is 2. The first-order chi connectivity index (χ1) is 15.6. The van der Waals surface area contributed by atoms with Gasteiger partial charge in [-0.15, -0.1) is 0 Å². The molecule has 0 N–H and O–H groups in total. The summed E-state index contributed by atoms with van der Waals surface area (Å²) in [6.07, 6.45) is 11.2. The number of hydrogen-bond acceptors (Lipinski definition) is 4. The van der Waals surface area contributed by atoms with Crippen LogP contribution in [0.4, 0.5) is 0 Å². The highest BCUT2D eigenvalue weighted by atomic mass is 16.5. The Balaban J connectivity index is 1.83. The first-order valence-corrected chi connectivity index (χ1v) is 11.8. The molecule has 0 bridgehead atoms. The summed E-state index contributed by atoms with van der Waals surface area (Å²) >= 11 is 0. The molecule has 1 fully saturated rings. The summed E-state index contributed by atoms with van der Waals surface area (Å²) in [5.74, 6) is 1.52. The number of carbonyl (C=O) groups is 2. The van der Waals surface area contributed by atoms with Crippen molar-refractivity contribution in [1.82, 2.24) is 0 Å². The zero-order valence-corrected chi connectivity index (χ0v) is 19.1. The molecule has 0 radical (unpaired) electrons. The van der Waals surface area contributed by atoms with Gasteiger partial charge in [-0.3, -0.25) is 9.59 Å². The second kappa shape index (κ2) is 10.2. The second-order valence-electron chi connectivity index (χ2n) is 8.83. The molecule has 0 unspecified atom stereocenters. The molecule has 2 aliphatic carbocycles. The zero-order chi connectivity index (χ0) is 22.5. The van der Waals surface area contributed by atoms with E-state index in [1.165, 1.54) is 6.42 Å². The van der Waals surface area contributed by atoms with Crippen molar-refractivity contribution in [3.05, 3.63) is 59.2 Å². The lowest BCUT2D eigenvalue weighted by Crippen LogP contribution is -2.19. The molecule has 0 atom stereocenters. The smallest absolute Gasteiger partial charge is 0.189 e. The van der Waals surface area contributed by atoms with Crippen molar-refractivity contribution in [2.45, 2.75) is 57.8 Å². The van der Waals surface area contributed by atoms with Gasteiger partial charge in [-0.2, -0.15) is 0 Å². The summed E-state index contributed by atoms with van der Waals surface area (Å²) in [6, 6.07) is 11.2. The van der Waals surface area contributed by atoms with Gasteiger partial charge in [-0.1, -0.05) is 25.3 Å². The Morgan fingerprint density at radius 1 is 0.781 bits per heavy atom. The highest BCUT2D eigenvalue weighted by molar-refractivity contribution is 6.14. The third-order valence-electron chi connectivity index (χ3n) is 6.81. The van der Waals surface area contributed by atoms with Gasteiger partial charge in [-0.25, -0.2) is 0 Å². The third kappa shape index (κ3) is 4.64. The topological polar surface area (TPSA) is 52.6 Å². The monoisotopic (exact) mass is 432 g/mol. The van der Waals surface area contributed by atoms with Crippen molar-refractivity contribution < 1.29 is 19.1 Å². The van der Waals surface area contributed by atoms with Crippen LogP contribution in [0.25, 0.3) is 11.1 Å². The number of hydrogen-bond donors (Lipinski definition) is 0. The van der Waals surface area contributed by atoms with Crippen molar-refractivity contribution in [1.29, 1.82) is 0 Å². The maximum Gasteiger partial charge on any atom is 0.189 e. The summed E-state index contributed by atoms with van der Waals surface area (Å²) in [6.45, 7) is 0. The number of Topliss-reactive ketones (excluding diaryl/α,β-unsaturated/α-hetero) is 2. The molecule has 0 aliphatic heterocycles. The molecule has 0 aromatic heterocycles. The number of methoxy groups -OCH3 is 2. The van der Waals surface area contributed by atoms with Crippen LogP contribution in [0.2, 0.25) is 0 Å². The fourth-order valence-corrected chi connectivity index (χ4v) is 4.96. The van der Waals surface area contributed by atoms with Gasteiger partial charge < -0.3 is 9.47 Å². The fourth-order valence-electron chi connectivity index (χ4n) is 4.96. The van der Waals surface area contributed by atoms with Gasteiger partial charge in [0.1, 0.15) is 11.5 Å². The van der Waals surface area contributed by atoms with Crippen LogP contribution >= 0.6 is 0 Å².